The Kier molecular flexibility index (Phi) is 3.79. The van der Waals surface area contributed by atoms with Gasteiger partial charge in [-0.15, -0.1) is 0 Å². The van der Waals surface area contributed by atoms with Gasteiger partial charge in [-0.05, 0) is 22.4 Å². The molecule has 88 valence electrons. The minimum atomic E-state index is -0.693. The number of carbonyl (C=O) groups excluding carboxylic acids is 1. The molecule has 2 N–H and O–H groups in total. The molecule has 2 aromatic rings. The summed E-state index contributed by atoms with van der Waals surface area (Å²) < 4.78 is 0. The minimum Gasteiger partial charge on any atom is -0.387 e. The topological polar surface area (TPSA) is 75.1 Å². The molecule has 0 aromatic carbocycles. The summed E-state index contributed by atoms with van der Waals surface area (Å²) in [5.41, 5.74) is 1.04. The number of rotatable bonds is 4. The summed E-state index contributed by atoms with van der Waals surface area (Å²) in [5, 5.41) is 16.1. The minimum absolute atomic E-state index is 0.159. The monoisotopic (exact) mass is 249 g/mol. The largest absolute Gasteiger partial charge is 0.387 e. The molecule has 1 atom stereocenters. The van der Waals surface area contributed by atoms with Crippen molar-refractivity contribution in [1.82, 2.24) is 15.3 Å². The molecule has 0 saturated heterocycles. The van der Waals surface area contributed by atoms with Crippen molar-refractivity contribution in [2.24, 2.45) is 0 Å². The first kappa shape index (κ1) is 11.7. The van der Waals surface area contributed by atoms with Crippen molar-refractivity contribution in [3.05, 3.63) is 46.7 Å². The van der Waals surface area contributed by atoms with Gasteiger partial charge in [-0.25, -0.2) is 4.98 Å². The van der Waals surface area contributed by atoms with Crippen LogP contribution in [0.5, 0.6) is 0 Å². The molecule has 0 aliphatic heterocycles. The second kappa shape index (κ2) is 5.51. The van der Waals surface area contributed by atoms with Crippen LogP contribution < -0.4 is 5.32 Å². The first-order valence-electron chi connectivity index (χ1n) is 5.02. The second-order valence-electron chi connectivity index (χ2n) is 3.37. The lowest BCUT2D eigenvalue weighted by Crippen LogP contribution is -2.28. The molecule has 2 rings (SSSR count). The molecule has 0 fully saturated rings. The van der Waals surface area contributed by atoms with Gasteiger partial charge in [0, 0.05) is 18.9 Å². The molecule has 0 unspecified atom stereocenters. The van der Waals surface area contributed by atoms with Gasteiger partial charge in [-0.1, -0.05) is 0 Å². The van der Waals surface area contributed by atoms with E-state index >= 15 is 0 Å². The van der Waals surface area contributed by atoms with Crippen molar-refractivity contribution in [3.63, 3.8) is 0 Å². The van der Waals surface area contributed by atoms with E-state index in [2.05, 4.69) is 15.3 Å². The van der Waals surface area contributed by atoms with Crippen LogP contribution in [0.2, 0.25) is 0 Å². The highest BCUT2D eigenvalue weighted by Gasteiger charge is 2.11. The van der Waals surface area contributed by atoms with Gasteiger partial charge in [-0.3, -0.25) is 9.78 Å². The number of aromatic nitrogens is 2. The van der Waals surface area contributed by atoms with Crippen molar-refractivity contribution in [2.75, 3.05) is 6.54 Å². The van der Waals surface area contributed by atoms with Crippen LogP contribution in [-0.2, 0) is 0 Å². The molecule has 0 radical (unpaired) electrons. The van der Waals surface area contributed by atoms with E-state index in [0.717, 1.165) is 5.56 Å². The Bertz CT molecular complexity index is 473. The van der Waals surface area contributed by atoms with Crippen molar-refractivity contribution in [2.45, 2.75) is 6.10 Å². The average molecular weight is 249 g/mol. The summed E-state index contributed by atoms with van der Waals surface area (Å²) in [6.45, 7) is 0.159. The third kappa shape index (κ3) is 3.08. The van der Waals surface area contributed by atoms with Crippen LogP contribution in [0, 0.1) is 0 Å². The molecule has 0 spiro atoms. The Morgan fingerprint density at radius 1 is 1.53 bits per heavy atom. The summed E-state index contributed by atoms with van der Waals surface area (Å²) in [6.07, 6.45) is 3.63. The lowest BCUT2D eigenvalue weighted by atomic mass is 10.2. The molecule has 2 aromatic heterocycles. The summed E-state index contributed by atoms with van der Waals surface area (Å²) in [6, 6.07) is 1.82. The highest BCUT2D eigenvalue weighted by molar-refractivity contribution is 7.07. The van der Waals surface area contributed by atoms with E-state index in [9.17, 15) is 9.90 Å². The fourth-order valence-corrected chi connectivity index (χ4v) is 1.99. The van der Waals surface area contributed by atoms with Gasteiger partial charge in [0.1, 0.15) is 5.69 Å². The highest BCUT2D eigenvalue weighted by atomic mass is 32.1. The Morgan fingerprint density at radius 2 is 2.41 bits per heavy atom. The van der Waals surface area contributed by atoms with Crippen LogP contribution in [-0.4, -0.2) is 27.5 Å². The van der Waals surface area contributed by atoms with Crippen molar-refractivity contribution in [3.8, 4) is 0 Å². The normalized spacial score (nSPS) is 12.1. The molecule has 0 bridgehead atoms. The summed E-state index contributed by atoms with van der Waals surface area (Å²) in [4.78, 5) is 19.3. The van der Waals surface area contributed by atoms with Crippen LogP contribution in [0.3, 0.4) is 0 Å². The van der Waals surface area contributed by atoms with Crippen molar-refractivity contribution >= 4 is 17.2 Å². The van der Waals surface area contributed by atoms with Gasteiger partial charge < -0.3 is 10.4 Å². The van der Waals surface area contributed by atoms with Gasteiger partial charge >= 0.3 is 0 Å². The number of carbonyl (C=O) groups is 1. The van der Waals surface area contributed by atoms with Crippen molar-refractivity contribution in [1.29, 1.82) is 0 Å². The van der Waals surface area contributed by atoms with Gasteiger partial charge in [-0.2, -0.15) is 11.3 Å². The average Bonchev–Trinajstić information content (AvgIpc) is 2.90. The maximum atomic E-state index is 11.6. The number of aliphatic hydroxyl groups is 1. The van der Waals surface area contributed by atoms with E-state index in [1.54, 1.807) is 0 Å². The molecule has 5 nitrogen and oxygen atoms in total. The number of nitrogens with one attached hydrogen (secondary N) is 1. The van der Waals surface area contributed by atoms with Crippen LogP contribution >= 0.6 is 11.3 Å². The van der Waals surface area contributed by atoms with Gasteiger partial charge in [0.05, 0.1) is 12.3 Å². The summed E-state index contributed by atoms with van der Waals surface area (Å²) >= 11 is 1.50. The lowest BCUT2D eigenvalue weighted by Gasteiger charge is -2.09. The molecule has 0 aliphatic carbocycles. The summed E-state index contributed by atoms with van der Waals surface area (Å²) in [7, 11) is 0. The number of nitrogens with zero attached hydrogens (tertiary/aromatic N) is 2. The Hall–Kier alpha value is -1.79. The molecule has 1 amide bonds. The van der Waals surface area contributed by atoms with E-state index in [1.165, 1.54) is 29.9 Å². The SMILES string of the molecule is O=C(NC[C@H](O)c1ccsc1)c1cnccn1. The molecule has 17 heavy (non-hydrogen) atoms. The maximum absolute atomic E-state index is 11.6. The maximum Gasteiger partial charge on any atom is 0.271 e. The smallest absolute Gasteiger partial charge is 0.271 e. The standard InChI is InChI=1S/C11H11N3O2S/c15-10(8-1-4-17-7-8)6-14-11(16)9-5-12-2-3-13-9/h1-5,7,10,15H,6H2,(H,14,16)/t10-/m0/s1. The zero-order valence-corrected chi connectivity index (χ0v) is 9.72. The van der Waals surface area contributed by atoms with E-state index in [0.29, 0.717) is 0 Å². The first-order valence-corrected chi connectivity index (χ1v) is 5.96. The van der Waals surface area contributed by atoms with Crippen molar-refractivity contribution < 1.29 is 9.90 Å². The molecule has 0 aliphatic rings. The number of hydrogen-bond donors (Lipinski definition) is 2. The molecule has 6 heteroatoms. The fourth-order valence-electron chi connectivity index (χ4n) is 1.28. The Labute approximate surface area is 102 Å². The molecular formula is C11H11N3O2S. The first-order chi connectivity index (χ1) is 8.27. The Balaban J connectivity index is 1.89. The Morgan fingerprint density at radius 3 is 3.06 bits per heavy atom. The molecule has 2 heterocycles. The van der Waals surface area contributed by atoms with Gasteiger partial charge in [0.25, 0.3) is 5.91 Å². The fraction of sp³-hybridized carbons (Fsp3) is 0.182. The van der Waals surface area contributed by atoms with Crippen LogP contribution in [0.4, 0.5) is 0 Å². The highest BCUT2D eigenvalue weighted by Crippen LogP contribution is 2.15. The van der Waals surface area contributed by atoms with Gasteiger partial charge in [0.15, 0.2) is 0 Å². The predicted molar refractivity (Wildman–Crippen MR) is 63.6 cm³/mol. The van der Waals surface area contributed by atoms with E-state index in [-0.39, 0.29) is 18.1 Å². The quantitative estimate of drug-likeness (QED) is 0.847. The van der Waals surface area contributed by atoms with Crippen LogP contribution in [0.25, 0.3) is 0 Å². The number of thiophene rings is 1. The zero-order valence-electron chi connectivity index (χ0n) is 8.91. The second-order valence-corrected chi connectivity index (χ2v) is 4.15. The van der Waals surface area contributed by atoms with Crippen LogP contribution in [0.15, 0.2) is 35.4 Å². The zero-order chi connectivity index (χ0) is 12.1. The predicted octanol–water partition coefficient (Wildman–Crippen LogP) is 1.00. The molecule has 0 saturated carbocycles. The van der Waals surface area contributed by atoms with Crippen LogP contribution in [0.1, 0.15) is 22.2 Å². The number of aliphatic hydroxyl groups excluding tert-OH is 1. The third-order valence-electron chi connectivity index (χ3n) is 2.18. The number of hydrogen-bond acceptors (Lipinski definition) is 5. The third-order valence-corrected chi connectivity index (χ3v) is 2.88. The van der Waals surface area contributed by atoms with E-state index < -0.39 is 6.10 Å². The van der Waals surface area contributed by atoms with Gasteiger partial charge in [0.2, 0.25) is 0 Å². The summed E-state index contributed by atoms with van der Waals surface area (Å²) in [5.74, 6) is -0.340. The molecular weight excluding hydrogens is 238 g/mol. The lowest BCUT2D eigenvalue weighted by molar-refractivity contribution is 0.0911. The van der Waals surface area contributed by atoms with E-state index in [1.807, 2.05) is 16.8 Å². The number of amides is 1. The van der Waals surface area contributed by atoms with E-state index in [4.69, 9.17) is 0 Å².